The summed E-state index contributed by atoms with van der Waals surface area (Å²) in [6, 6.07) is -0.648. The number of amides is 1. The lowest BCUT2D eigenvalue weighted by Crippen LogP contribution is -2.49. The Morgan fingerprint density at radius 1 is 1.29 bits per heavy atom. The van der Waals surface area contributed by atoms with Gasteiger partial charge in [0.15, 0.2) is 0 Å². The van der Waals surface area contributed by atoms with Crippen molar-refractivity contribution in [1.29, 1.82) is 0 Å². The van der Waals surface area contributed by atoms with Crippen LogP contribution in [0.2, 0.25) is 18.1 Å². The Morgan fingerprint density at radius 3 is 2.29 bits per heavy atom. The molecule has 0 saturated carbocycles. The highest BCUT2D eigenvalue weighted by Crippen LogP contribution is 2.36. The van der Waals surface area contributed by atoms with Crippen molar-refractivity contribution in [3.8, 4) is 0 Å². The van der Waals surface area contributed by atoms with E-state index in [-0.39, 0.29) is 17.6 Å². The summed E-state index contributed by atoms with van der Waals surface area (Å²) >= 11 is 1.62. The van der Waals surface area contributed by atoms with Gasteiger partial charge in [0.25, 0.3) is 8.32 Å². The second-order valence-corrected chi connectivity index (χ2v) is 12.1. The fourth-order valence-corrected chi connectivity index (χ4v) is 2.70. The first kappa shape index (κ1) is 20.3. The van der Waals surface area contributed by atoms with Crippen LogP contribution < -0.4 is 5.32 Å². The highest BCUT2D eigenvalue weighted by molar-refractivity contribution is 7.98. The van der Waals surface area contributed by atoms with Gasteiger partial charge in [-0.25, -0.2) is 4.79 Å². The predicted molar refractivity (Wildman–Crippen MR) is 90.2 cm³/mol. The van der Waals surface area contributed by atoms with Gasteiger partial charge in [0.1, 0.15) is 6.04 Å². The van der Waals surface area contributed by atoms with Crippen molar-refractivity contribution in [2.45, 2.75) is 58.3 Å². The van der Waals surface area contributed by atoms with Crippen LogP contribution in [-0.2, 0) is 14.0 Å². The van der Waals surface area contributed by atoms with Crippen LogP contribution in [0.5, 0.6) is 0 Å². The summed E-state index contributed by atoms with van der Waals surface area (Å²) in [4.78, 5) is 23.9. The molecule has 0 spiro atoms. The van der Waals surface area contributed by atoms with E-state index in [1.807, 2.05) is 19.3 Å². The zero-order chi connectivity index (χ0) is 16.7. The molecule has 21 heavy (non-hydrogen) atoms. The molecule has 1 atom stereocenters. The van der Waals surface area contributed by atoms with E-state index in [1.54, 1.807) is 18.7 Å². The summed E-state index contributed by atoms with van der Waals surface area (Å²) in [5, 5.41) is 2.54. The van der Waals surface area contributed by atoms with Gasteiger partial charge in [0.05, 0.1) is 6.61 Å². The van der Waals surface area contributed by atoms with Crippen molar-refractivity contribution < 1.29 is 18.8 Å². The number of carbonyl (C=O) groups excluding carboxylic acids is 2. The molecular formula is C14H29NO4SSi. The number of ether oxygens (including phenoxy) is 1. The van der Waals surface area contributed by atoms with Gasteiger partial charge >= 0.3 is 12.1 Å². The Morgan fingerprint density at radius 2 is 1.86 bits per heavy atom. The molecule has 0 radical (unpaired) electrons. The van der Waals surface area contributed by atoms with Crippen molar-refractivity contribution in [3.05, 3.63) is 0 Å². The second kappa shape index (κ2) is 8.68. The number of nitrogens with one attached hydrogen (secondary N) is 1. The van der Waals surface area contributed by atoms with Gasteiger partial charge in [0, 0.05) is 0 Å². The van der Waals surface area contributed by atoms with Gasteiger partial charge in [-0.2, -0.15) is 11.8 Å². The lowest BCUT2D eigenvalue weighted by Gasteiger charge is -2.36. The summed E-state index contributed by atoms with van der Waals surface area (Å²) in [5.41, 5.74) is 0. The number of rotatable bonds is 7. The Kier molecular flexibility index (Phi) is 8.39. The number of alkyl carbamates (subject to hydrolysis) is 1. The summed E-state index contributed by atoms with van der Waals surface area (Å²) in [5.74, 6) is 0.410. The van der Waals surface area contributed by atoms with Gasteiger partial charge in [-0.05, 0) is 43.5 Å². The second-order valence-electron chi connectivity index (χ2n) is 6.38. The normalized spacial score (nSPS) is 13.5. The van der Waals surface area contributed by atoms with E-state index in [9.17, 15) is 9.59 Å². The molecule has 7 heteroatoms. The van der Waals surface area contributed by atoms with E-state index in [2.05, 4.69) is 26.1 Å². The Balaban J connectivity index is 4.83. The van der Waals surface area contributed by atoms with E-state index in [0.29, 0.717) is 6.42 Å². The van der Waals surface area contributed by atoms with Crippen LogP contribution in [0.4, 0.5) is 4.79 Å². The summed E-state index contributed by atoms with van der Waals surface area (Å²) in [6.07, 6.45) is 1.92. The van der Waals surface area contributed by atoms with Gasteiger partial charge in [-0.3, -0.25) is 4.79 Å². The number of hydrogen-bond donors (Lipinski definition) is 1. The summed E-state index contributed by atoms with van der Waals surface area (Å²) in [7, 11) is -2.19. The van der Waals surface area contributed by atoms with E-state index in [0.717, 1.165) is 5.75 Å². The third-order valence-corrected chi connectivity index (χ3v) is 8.59. The van der Waals surface area contributed by atoms with E-state index < -0.39 is 20.5 Å². The quantitative estimate of drug-likeness (QED) is 0.722. The smallest absolute Gasteiger partial charge is 0.407 e. The maximum atomic E-state index is 12.4. The summed E-state index contributed by atoms with van der Waals surface area (Å²) in [6.45, 7) is 12.2. The molecule has 0 aliphatic rings. The predicted octanol–water partition coefficient (Wildman–Crippen LogP) is 3.40. The summed E-state index contributed by atoms with van der Waals surface area (Å²) < 4.78 is 10.6. The molecular weight excluding hydrogens is 306 g/mol. The molecule has 0 aliphatic carbocycles. The minimum Gasteiger partial charge on any atom is -0.518 e. The van der Waals surface area contributed by atoms with Crippen LogP contribution in [0.3, 0.4) is 0 Å². The molecule has 0 bridgehead atoms. The fraction of sp³-hybridized carbons (Fsp3) is 0.857. The largest absolute Gasteiger partial charge is 0.518 e. The average Bonchev–Trinajstić information content (AvgIpc) is 2.32. The number of carbonyl (C=O) groups is 2. The highest BCUT2D eigenvalue weighted by Gasteiger charge is 2.41. The molecule has 0 aromatic carbocycles. The first-order valence-corrected chi connectivity index (χ1v) is 11.5. The van der Waals surface area contributed by atoms with E-state index in [4.69, 9.17) is 9.16 Å². The average molecular weight is 336 g/mol. The van der Waals surface area contributed by atoms with Crippen LogP contribution >= 0.6 is 11.8 Å². The lowest BCUT2D eigenvalue weighted by molar-refractivity contribution is -0.137. The third-order valence-electron chi connectivity index (χ3n) is 3.62. The third kappa shape index (κ3) is 7.22. The van der Waals surface area contributed by atoms with Gasteiger partial charge in [-0.15, -0.1) is 0 Å². The van der Waals surface area contributed by atoms with Crippen LogP contribution in [-0.4, -0.2) is 45.0 Å². The number of hydrogen-bond acceptors (Lipinski definition) is 5. The Bertz CT molecular complexity index is 355. The van der Waals surface area contributed by atoms with Crippen molar-refractivity contribution >= 4 is 32.1 Å². The molecule has 1 unspecified atom stereocenters. The van der Waals surface area contributed by atoms with E-state index in [1.165, 1.54) is 0 Å². The van der Waals surface area contributed by atoms with Crippen LogP contribution in [0.1, 0.15) is 34.1 Å². The SMILES string of the molecule is CCOC(=O)NC(CCSC)C(=O)O[Si](C)(C)C(C)(C)C. The molecule has 1 N–H and O–H groups in total. The van der Waals surface area contributed by atoms with Crippen molar-refractivity contribution in [2.24, 2.45) is 0 Å². The van der Waals surface area contributed by atoms with Crippen molar-refractivity contribution in [2.75, 3.05) is 18.6 Å². The maximum Gasteiger partial charge on any atom is 0.407 e. The lowest BCUT2D eigenvalue weighted by atomic mass is 10.2. The van der Waals surface area contributed by atoms with Gasteiger partial charge in [-0.1, -0.05) is 20.8 Å². The van der Waals surface area contributed by atoms with Crippen LogP contribution in [0, 0.1) is 0 Å². The van der Waals surface area contributed by atoms with Gasteiger partial charge in [0.2, 0.25) is 0 Å². The molecule has 1 amide bonds. The van der Waals surface area contributed by atoms with E-state index >= 15 is 0 Å². The molecule has 124 valence electrons. The van der Waals surface area contributed by atoms with Crippen molar-refractivity contribution in [1.82, 2.24) is 5.32 Å². The fourth-order valence-electron chi connectivity index (χ4n) is 1.28. The molecule has 0 fully saturated rings. The molecule has 0 rings (SSSR count). The minimum atomic E-state index is -2.19. The Hall–Kier alpha value is -0.693. The topological polar surface area (TPSA) is 64.6 Å². The standard InChI is InChI=1S/C14H29NO4SSi/c1-8-18-13(17)15-11(9-10-20-5)12(16)19-21(6,7)14(2,3)4/h11H,8-10H2,1-7H3,(H,15,17). The van der Waals surface area contributed by atoms with Gasteiger partial charge < -0.3 is 14.5 Å². The minimum absolute atomic E-state index is 0.0589. The first-order chi connectivity index (χ1) is 9.55. The maximum absolute atomic E-state index is 12.4. The molecule has 0 heterocycles. The van der Waals surface area contributed by atoms with Crippen LogP contribution in [0.15, 0.2) is 0 Å². The monoisotopic (exact) mass is 335 g/mol. The number of thioether (sulfide) groups is 1. The molecule has 0 saturated heterocycles. The molecule has 0 aliphatic heterocycles. The molecule has 5 nitrogen and oxygen atoms in total. The highest BCUT2D eigenvalue weighted by atomic mass is 32.2. The zero-order valence-corrected chi connectivity index (χ0v) is 16.1. The Labute approximate surface area is 133 Å². The molecule has 0 aromatic rings. The molecule has 0 aromatic heterocycles. The first-order valence-electron chi connectivity index (χ1n) is 7.20. The zero-order valence-electron chi connectivity index (χ0n) is 14.2. The van der Waals surface area contributed by atoms with Crippen molar-refractivity contribution in [3.63, 3.8) is 0 Å². The van der Waals surface area contributed by atoms with Crippen LogP contribution in [0.25, 0.3) is 0 Å².